The number of nitrogens with zero attached hydrogens (tertiary/aromatic N) is 3. The quantitative estimate of drug-likeness (QED) is 0.310. The Bertz CT molecular complexity index is 1310. The molecule has 0 spiro atoms. The van der Waals surface area contributed by atoms with Crippen LogP contribution in [0.3, 0.4) is 0 Å². The molecular formula is C25H20N6O. The second-order valence-electron chi connectivity index (χ2n) is 7.03. The van der Waals surface area contributed by atoms with E-state index < -0.39 is 0 Å². The molecule has 0 fully saturated rings. The van der Waals surface area contributed by atoms with Crippen LogP contribution in [0.25, 0.3) is 22.4 Å². The monoisotopic (exact) mass is 420 g/mol. The Morgan fingerprint density at radius 3 is 2.38 bits per heavy atom. The molecule has 5 N–H and O–H groups in total. The van der Waals surface area contributed by atoms with Crippen LogP contribution in [0.2, 0.25) is 0 Å². The number of nitrogens with one attached hydrogen (secondary N) is 1. The summed E-state index contributed by atoms with van der Waals surface area (Å²) in [5, 5.41) is 17.0. The molecule has 0 radical (unpaired) electrons. The number of hydrogen-bond acceptors (Lipinski definition) is 6. The first kappa shape index (κ1) is 20.6. The Kier molecular flexibility index (Phi) is 5.77. The van der Waals surface area contributed by atoms with Crippen LogP contribution < -0.4 is 16.2 Å². The number of anilines is 1. The van der Waals surface area contributed by atoms with E-state index >= 15 is 0 Å². The largest absolute Gasteiger partial charge is 0.457 e. The van der Waals surface area contributed by atoms with Crippen molar-refractivity contribution in [2.45, 2.75) is 6.42 Å². The smallest absolute Gasteiger partial charge is 0.127 e. The first-order chi connectivity index (χ1) is 15.6. The lowest BCUT2D eigenvalue weighted by molar-refractivity contribution is 0.483. The molecule has 0 bridgehead atoms. The zero-order chi connectivity index (χ0) is 22.5. The third-order valence-electron chi connectivity index (χ3n) is 4.88. The van der Waals surface area contributed by atoms with Crippen molar-refractivity contribution in [2.75, 3.05) is 5.73 Å². The van der Waals surface area contributed by atoms with E-state index in [1.54, 1.807) is 24.5 Å². The molecule has 7 heteroatoms. The van der Waals surface area contributed by atoms with E-state index in [1.807, 2.05) is 54.6 Å². The number of hydrogen-bond donors (Lipinski definition) is 3. The van der Waals surface area contributed by atoms with Gasteiger partial charge in [0.15, 0.2) is 0 Å². The standard InChI is InChI=1S/C25H20N6O/c26-12-10-18-14-17(11-13-30-18)24-23(27)22(25(28)29)21(15-31-24)16-6-8-20(9-7-16)32-19-4-2-1-3-5-19/h1-9,11,13-15H,10,27H2,(H3,28,29). The van der Waals surface area contributed by atoms with E-state index in [9.17, 15) is 0 Å². The number of amidine groups is 1. The van der Waals surface area contributed by atoms with Crippen molar-refractivity contribution in [1.29, 1.82) is 10.7 Å². The summed E-state index contributed by atoms with van der Waals surface area (Å²) in [5.74, 6) is 1.27. The summed E-state index contributed by atoms with van der Waals surface area (Å²) in [6, 6.07) is 22.5. The Hall–Kier alpha value is -4.70. The van der Waals surface area contributed by atoms with Crippen molar-refractivity contribution in [3.8, 4) is 40.0 Å². The van der Waals surface area contributed by atoms with Crippen LogP contribution in [-0.4, -0.2) is 15.8 Å². The van der Waals surface area contributed by atoms with Gasteiger partial charge in [-0.2, -0.15) is 5.26 Å². The molecule has 2 aromatic carbocycles. The van der Waals surface area contributed by atoms with Crippen LogP contribution in [0.15, 0.2) is 79.1 Å². The average molecular weight is 420 g/mol. The lowest BCUT2D eigenvalue weighted by Gasteiger charge is -2.15. The Labute approximate surface area is 185 Å². The van der Waals surface area contributed by atoms with Crippen molar-refractivity contribution >= 4 is 11.5 Å². The number of para-hydroxylation sites is 1. The molecule has 2 aromatic heterocycles. The minimum absolute atomic E-state index is 0.155. The maximum absolute atomic E-state index is 8.93. The molecule has 0 aliphatic rings. The molecule has 4 rings (SSSR count). The van der Waals surface area contributed by atoms with Gasteiger partial charge in [0.1, 0.15) is 17.3 Å². The Balaban J connectivity index is 1.71. The fraction of sp³-hybridized carbons (Fsp3) is 0.0400. The molecule has 7 nitrogen and oxygen atoms in total. The maximum Gasteiger partial charge on any atom is 0.127 e. The lowest BCUT2D eigenvalue weighted by Crippen LogP contribution is -2.16. The van der Waals surface area contributed by atoms with Gasteiger partial charge in [-0.1, -0.05) is 30.3 Å². The predicted molar refractivity (Wildman–Crippen MR) is 124 cm³/mol. The van der Waals surface area contributed by atoms with Gasteiger partial charge in [0.05, 0.1) is 35.1 Å². The Morgan fingerprint density at radius 1 is 0.969 bits per heavy atom. The van der Waals surface area contributed by atoms with Gasteiger partial charge in [0, 0.05) is 23.5 Å². The van der Waals surface area contributed by atoms with Crippen LogP contribution in [0.5, 0.6) is 11.5 Å². The highest BCUT2D eigenvalue weighted by Gasteiger charge is 2.18. The van der Waals surface area contributed by atoms with Gasteiger partial charge in [-0.3, -0.25) is 15.4 Å². The normalized spacial score (nSPS) is 10.3. The van der Waals surface area contributed by atoms with E-state index in [-0.39, 0.29) is 12.3 Å². The number of nitrogen functional groups attached to an aromatic ring is 2. The zero-order valence-electron chi connectivity index (χ0n) is 17.1. The number of rotatable bonds is 6. The van der Waals surface area contributed by atoms with Gasteiger partial charge in [0.2, 0.25) is 0 Å². The molecule has 0 saturated carbocycles. The summed E-state index contributed by atoms with van der Waals surface area (Å²) in [4.78, 5) is 8.72. The van der Waals surface area contributed by atoms with Crippen LogP contribution >= 0.6 is 0 Å². The number of benzene rings is 2. The van der Waals surface area contributed by atoms with E-state index in [1.165, 1.54) is 0 Å². The molecule has 0 aliphatic carbocycles. The van der Waals surface area contributed by atoms with E-state index in [0.29, 0.717) is 39.5 Å². The SMILES string of the molecule is N#CCc1cc(-c2ncc(-c3ccc(Oc4ccccc4)cc3)c(C(=N)N)c2N)ccn1. The van der Waals surface area contributed by atoms with Crippen molar-refractivity contribution in [3.63, 3.8) is 0 Å². The van der Waals surface area contributed by atoms with Gasteiger partial charge in [0.25, 0.3) is 0 Å². The predicted octanol–water partition coefficient (Wildman–Crippen LogP) is 4.54. The molecule has 0 aliphatic heterocycles. The molecule has 156 valence electrons. The van der Waals surface area contributed by atoms with E-state index in [4.69, 9.17) is 26.9 Å². The summed E-state index contributed by atoms with van der Waals surface area (Å²) in [6.45, 7) is 0. The molecule has 32 heavy (non-hydrogen) atoms. The van der Waals surface area contributed by atoms with Crippen LogP contribution in [0.1, 0.15) is 11.3 Å². The summed E-state index contributed by atoms with van der Waals surface area (Å²) in [5.41, 5.74) is 16.3. The topological polar surface area (TPSA) is 135 Å². The molecular weight excluding hydrogens is 400 g/mol. The number of pyridine rings is 2. The maximum atomic E-state index is 8.93. The summed E-state index contributed by atoms with van der Waals surface area (Å²) in [7, 11) is 0. The third-order valence-corrected chi connectivity index (χ3v) is 4.88. The second kappa shape index (κ2) is 8.98. The number of nitriles is 1. The highest BCUT2D eigenvalue weighted by atomic mass is 16.5. The highest BCUT2D eigenvalue weighted by molar-refractivity contribution is 6.08. The van der Waals surface area contributed by atoms with E-state index in [2.05, 4.69) is 16.0 Å². The summed E-state index contributed by atoms with van der Waals surface area (Å²) in [6.07, 6.45) is 3.44. The van der Waals surface area contributed by atoms with E-state index in [0.717, 1.165) is 11.3 Å². The first-order valence-corrected chi connectivity index (χ1v) is 9.85. The molecule has 0 unspecified atom stereocenters. The minimum Gasteiger partial charge on any atom is -0.457 e. The van der Waals surface area contributed by atoms with Crippen molar-refractivity contribution in [1.82, 2.24) is 9.97 Å². The lowest BCUT2D eigenvalue weighted by atomic mass is 9.96. The number of ether oxygens (including phenoxy) is 1. The molecule has 4 aromatic rings. The van der Waals surface area contributed by atoms with Gasteiger partial charge in [-0.05, 0) is 42.0 Å². The van der Waals surface area contributed by atoms with Gasteiger partial charge in [-0.15, -0.1) is 0 Å². The number of nitrogens with two attached hydrogens (primary N) is 2. The first-order valence-electron chi connectivity index (χ1n) is 9.85. The van der Waals surface area contributed by atoms with Crippen molar-refractivity contribution < 1.29 is 4.74 Å². The summed E-state index contributed by atoms with van der Waals surface area (Å²) >= 11 is 0. The van der Waals surface area contributed by atoms with Crippen LogP contribution in [0, 0.1) is 16.7 Å². The van der Waals surface area contributed by atoms with Crippen molar-refractivity contribution in [2.24, 2.45) is 5.73 Å². The van der Waals surface area contributed by atoms with Gasteiger partial charge >= 0.3 is 0 Å². The minimum atomic E-state index is -0.155. The zero-order valence-corrected chi connectivity index (χ0v) is 17.1. The fourth-order valence-corrected chi connectivity index (χ4v) is 3.40. The Morgan fingerprint density at radius 2 is 1.69 bits per heavy atom. The van der Waals surface area contributed by atoms with Crippen LogP contribution in [0.4, 0.5) is 5.69 Å². The summed E-state index contributed by atoms with van der Waals surface area (Å²) < 4.78 is 5.84. The molecule has 0 saturated heterocycles. The molecule has 2 heterocycles. The van der Waals surface area contributed by atoms with Gasteiger partial charge in [-0.25, -0.2) is 0 Å². The van der Waals surface area contributed by atoms with Gasteiger partial charge < -0.3 is 16.2 Å². The molecule has 0 atom stereocenters. The van der Waals surface area contributed by atoms with Crippen molar-refractivity contribution in [3.05, 3.63) is 90.4 Å². The fourth-order valence-electron chi connectivity index (χ4n) is 3.40. The highest BCUT2D eigenvalue weighted by Crippen LogP contribution is 2.34. The second-order valence-corrected chi connectivity index (χ2v) is 7.03. The third kappa shape index (κ3) is 4.25. The molecule has 0 amide bonds. The number of aromatic nitrogens is 2. The van der Waals surface area contributed by atoms with Crippen LogP contribution in [-0.2, 0) is 6.42 Å². The average Bonchev–Trinajstić information content (AvgIpc) is 2.80.